The summed E-state index contributed by atoms with van der Waals surface area (Å²) in [6.07, 6.45) is 2.75. The summed E-state index contributed by atoms with van der Waals surface area (Å²) in [5.74, 6) is -1.52. The van der Waals surface area contributed by atoms with E-state index in [1.165, 1.54) is 0 Å². The molecule has 1 aromatic carbocycles. The zero-order valence-electron chi connectivity index (χ0n) is 11.5. The van der Waals surface area contributed by atoms with E-state index >= 15 is 0 Å². The van der Waals surface area contributed by atoms with Crippen molar-refractivity contribution in [2.24, 2.45) is 5.92 Å². The van der Waals surface area contributed by atoms with Crippen molar-refractivity contribution in [3.8, 4) is 0 Å². The highest BCUT2D eigenvalue weighted by molar-refractivity contribution is 5.86. The Morgan fingerprint density at radius 1 is 1.38 bits per heavy atom. The van der Waals surface area contributed by atoms with Crippen molar-refractivity contribution < 1.29 is 19.1 Å². The van der Waals surface area contributed by atoms with Gasteiger partial charge >= 0.3 is 5.97 Å². The van der Waals surface area contributed by atoms with Gasteiger partial charge in [-0.05, 0) is 35.6 Å². The Morgan fingerprint density at radius 2 is 2.14 bits per heavy atom. The summed E-state index contributed by atoms with van der Waals surface area (Å²) in [6, 6.07) is 5.66. The summed E-state index contributed by atoms with van der Waals surface area (Å²) >= 11 is 0. The number of aliphatic carboxylic acids is 1. The predicted octanol–water partition coefficient (Wildman–Crippen LogP) is 2.03. The Labute approximate surface area is 121 Å². The minimum Gasteiger partial charge on any atom is -0.478 e. The number of carboxylic acid groups (broad SMARTS) is 1. The van der Waals surface area contributed by atoms with Crippen LogP contribution in [-0.4, -0.2) is 34.6 Å². The molecule has 1 N–H and O–H groups in total. The largest absolute Gasteiger partial charge is 0.478 e. The van der Waals surface area contributed by atoms with Crippen LogP contribution in [-0.2, 0) is 22.6 Å². The standard InChI is InChI=1S/C16H16FNO3/c17-14-8-13(14)16(21)18-7-6-12-10(4-5-15(19)20)2-1-3-11(12)9-18/h1-5,13-14H,6-9H2,(H,19,20)/t13-,14+/m1/s1. The molecule has 21 heavy (non-hydrogen) atoms. The van der Waals surface area contributed by atoms with Gasteiger partial charge in [-0.25, -0.2) is 9.18 Å². The number of fused-ring (bicyclic) bond motifs is 1. The number of carboxylic acids is 1. The number of hydrogen-bond acceptors (Lipinski definition) is 2. The molecule has 1 aromatic rings. The van der Waals surface area contributed by atoms with Gasteiger partial charge in [0.1, 0.15) is 6.17 Å². The number of rotatable bonds is 3. The normalized spacial score (nSPS) is 24.0. The number of amides is 1. The van der Waals surface area contributed by atoms with Gasteiger partial charge in [-0.1, -0.05) is 18.2 Å². The molecule has 1 aliphatic carbocycles. The van der Waals surface area contributed by atoms with Gasteiger partial charge in [-0.2, -0.15) is 0 Å². The predicted molar refractivity (Wildman–Crippen MR) is 75.2 cm³/mol. The molecule has 2 atom stereocenters. The Hall–Kier alpha value is -2.17. The van der Waals surface area contributed by atoms with Crippen LogP contribution < -0.4 is 0 Å². The summed E-state index contributed by atoms with van der Waals surface area (Å²) in [5.41, 5.74) is 2.96. The molecule has 1 aliphatic heterocycles. The third kappa shape index (κ3) is 2.82. The van der Waals surface area contributed by atoms with Crippen molar-refractivity contribution in [2.45, 2.75) is 25.6 Å². The van der Waals surface area contributed by atoms with Crippen molar-refractivity contribution in [2.75, 3.05) is 6.54 Å². The van der Waals surface area contributed by atoms with E-state index < -0.39 is 18.1 Å². The molecule has 0 spiro atoms. The van der Waals surface area contributed by atoms with E-state index in [1.807, 2.05) is 18.2 Å². The molecule has 0 unspecified atom stereocenters. The minimum absolute atomic E-state index is 0.0976. The zero-order valence-corrected chi connectivity index (χ0v) is 11.5. The lowest BCUT2D eigenvalue weighted by Crippen LogP contribution is -2.37. The SMILES string of the molecule is O=C(O)C=Cc1cccc2c1CCN(C(=O)[C@@H]1C[C@@H]1F)C2. The van der Waals surface area contributed by atoms with E-state index in [1.54, 1.807) is 11.0 Å². The first-order valence-corrected chi connectivity index (χ1v) is 7.01. The molecular weight excluding hydrogens is 273 g/mol. The van der Waals surface area contributed by atoms with E-state index in [2.05, 4.69) is 0 Å². The van der Waals surface area contributed by atoms with Crippen LogP contribution in [0.4, 0.5) is 4.39 Å². The molecule has 1 amide bonds. The molecule has 5 heteroatoms. The maximum Gasteiger partial charge on any atom is 0.328 e. The molecule has 3 rings (SSSR count). The molecular formula is C16H16FNO3. The maximum absolute atomic E-state index is 13.0. The van der Waals surface area contributed by atoms with Gasteiger partial charge in [0.25, 0.3) is 0 Å². The van der Waals surface area contributed by atoms with Crippen molar-refractivity contribution in [1.82, 2.24) is 4.90 Å². The van der Waals surface area contributed by atoms with Crippen LogP contribution in [0.25, 0.3) is 6.08 Å². The lowest BCUT2D eigenvalue weighted by atomic mass is 9.94. The summed E-state index contributed by atoms with van der Waals surface area (Å²) in [5, 5.41) is 8.71. The lowest BCUT2D eigenvalue weighted by molar-refractivity contribution is -0.134. The first-order valence-electron chi connectivity index (χ1n) is 7.01. The molecule has 0 saturated heterocycles. The van der Waals surface area contributed by atoms with Crippen molar-refractivity contribution in [1.29, 1.82) is 0 Å². The van der Waals surface area contributed by atoms with Crippen LogP contribution in [0.5, 0.6) is 0 Å². The molecule has 4 nitrogen and oxygen atoms in total. The minimum atomic E-state index is -0.983. The number of carbonyl (C=O) groups is 2. The third-order valence-corrected chi connectivity index (χ3v) is 4.05. The first kappa shape index (κ1) is 13.8. The van der Waals surface area contributed by atoms with Crippen LogP contribution in [0.15, 0.2) is 24.3 Å². The summed E-state index contributed by atoms with van der Waals surface area (Å²) in [7, 11) is 0. The molecule has 1 saturated carbocycles. The van der Waals surface area contributed by atoms with Gasteiger partial charge in [0, 0.05) is 19.2 Å². The molecule has 1 fully saturated rings. The second kappa shape index (κ2) is 5.31. The number of alkyl halides is 1. The van der Waals surface area contributed by atoms with Gasteiger partial charge in [0.05, 0.1) is 5.92 Å². The molecule has 0 radical (unpaired) electrons. The van der Waals surface area contributed by atoms with E-state index in [0.717, 1.165) is 22.8 Å². The summed E-state index contributed by atoms with van der Waals surface area (Å²) < 4.78 is 13.0. The Balaban J connectivity index is 1.79. The highest BCUT2D eigenvalue weighted by Gasteiger charge is 2.46. The number of carbonyl (C=O) groups excluding carboxylic acids is 1. The van der Waals surface area contributed by atoms with Gasteiger partial charge < -0.3 is 10.0 Å². The van der Waals surface area contributed by atoms with Gasteiger partial charge in [0.2, 0.25) is 5.91 Å². The van der Waals surface area contributed by atoms with E-state index in [0.29, 0.717) is 25.9 Å². The van der Waals surface area contributed by atoms with Crippen LogP contribution in [0.2, 0.25) is 0 Å². The molecule has 1 heterocycles. The first-order chi connectivity index (χ1) is 10.1. The number of nitrogens with zero attached hydrogens (tertiary/aromatic N) is 1. The van der Waals surface area contributed by atoms with Crippen LogP contribution >= 0.6 is 0 Å². The highest BCUT2D eigenvalue weighted by atomic mass is 19.1. The smallest absolute Gasteiger partial charge is 0.328 e. The molecule has 0 aromatic heterocycles. The fraction of sp³-hybridized carbons (Fsp3) is 0.375. The van der Waals surface area contributed by atoms with E-state index in [9.17, 15) is 14.0 Å². The fourth-order valence-corrected chi connectivity index (χ4v) is 2.80. The van der Waals surface area contributed by atoms with E-state index in [4.69, 9.17) is 5.11 Å². The second-order valence-electron chi connectivity index (χ2n) is 5.52. The Kier molecular flexibility index (Phi) is 3.49. The molecule has 2 aliphatic rings. The van der Waals surface area contributed by atoms with Crippen molar-refractivity contribution in [3.63, 3.8) is 0 Å². The van der Waals surface area contributed by atoms with Gasteiger partial charge in [-0.3, -0.25) is 4.79 Å². The number of halogens is 1. The van der Waals surface area contributed by atoms with Gasteiger partial charge in [0.15, 0.2) is 0 Å². The van der Waals surface area contributed by atoms with Crippen molar-refractivity contribution >= 4 is 18.0 Å². The van der Waals surface area contributed by atoms with Crippen LogP contribution in [0, 0.1) is 5.92 Å². The quantitative estimate of drug-likeness (QED) is 0.866. The average molecular weight is 289 g/mol. The lowest BCUT2D eigenvalue weighted by Gasteiger charge is -2.30. The maximum atomic E-state index is 13.0. The number of benzene rings is 1. The van der Waals surface area contributed by atoms with Gasteiger partial charge in [-0.15, -0.1) is 0 Å². The van der Waals surface area contributed by atoms with Crippen LogP contribution in [0.3, 0.4) is 0 Å². The molecule has 110 valence electrons. The van der Waals surface area contributed by atoms with Crippen molar-refractivity contribution in [3.05, 3.63) is 41.0 Å². The van der Waals surface area contributed by atoms with Crippen LogP contribution in [0.1, 0.15) is 23.1 Å². The second-order valence-corrected chi connectivity index (χ2v) is 5.52. The topological polar surface area (TPSA) is 57.6 Å². The Bertz CT molecular complexity index is 626. The average Bonchev–Trinajstić information content (AvgIpc) is 3.20. The third-order valence-electron chi connectivity index (χ3n) is 4.05. The monoisotopic (exact) mass is 289 g/mol. The highest BCUT2D eigenvalue weighted by Crippen LogP contribution is 2.36. The molecule has 0 bridgehead atoms. The summed E-state index contributed by atoms with van der Waals surface area (Å²) in [4.78, 5) is 24.4. The van der Waals surface area contributed by atoms with E-state index in [-0.39, 0.29) is 5.91 Å². The summed E-state index contributed by atoms with van der Waals surface area (Å²) in [6.45, 7) is 1.04. The Morgan fingerprint density at radius 3 is 2.81 bits per heavy atom. The fourth-order valence-electron chi connectivity index (χ4n) is 2.80. The number of hydrogen-bond donors (Lipinski definition) is 1. The zero-order chi connectivity index (χ0) is 15.0.